The third-order valence-corrected chi connectivity index (χ3v) is 5.80. The van der Waals surface area contributed by atoms with Crippen molar-refractivity contribution in [3.05, 3.63) is 34.9 Å². The number of nitrogens with one attached hydrogen (secondary N) is 2. The van der Waals surface area contributed by atoms with Crippen LogP contribution in [0.3, 0.4) is 0 Å². The molecule has 3 amide bonds. The number of hydrogen-bond acceptors (Lipinski definition) is 4. The van der Waals surface area contributed by atoms with Crippen LogP contribution in [0.4, 0.5) is 0 Å². The summed E-state index contributed by atoms with van der Waals surface area (Å²) in [4.78, 5) is 40.6. The first-order valence-electron chi connectivity index (χ1n) is 10.2. The zero-order valence-electron chi connectivity index (χ0n) is 17.0. The molecule has 1 aromatic carbocycles. The molecule has 1 saturated carbocycles. The van der Waals surface area contributed by atoms with Gasteiger partial charge in [0.05, 0.1) is 18.5 Å². The van der Waals surface area contributed by atoms with E-state index in [4.69, 9.17) is 11.6 Å². The highest BCUT2D eigenvalue weighted by molar-refractivity contribution is 6.30. The number of piperazine rings is 1. The molecule has 29 heavy (non-hydrogen) atoms. The number of hydrogen-bond donors (Lipinski definition) is 2. The standard InChI is InChI=1S/C21H29ClN4O3/c1-14(21(29)24-18-7-8-18)25-9-11-26(12-10-25)20(28)13-19(23-15(2)27)16-3-5-17(22)6-4-16/h3-6,14,18-19H,7-13H2,1-2H3,(H,23,27)(H,24,29). The monoisotopic (exact) mass is 420 g/mol. The minimum atomic E-state index is -0.390. The summed E-state index contributed by atoms with van der Waals surface area (Å²) in [7, 11) is 0. The van der Waals surface area contributed by atoms with E-state index in [1.54, 1.807) is 12.1 Å². The Balaban J connectivity index is 1.53. The SMILES string of the molecule is CC(=O)NC(CC(=O)N1CCN(C(C)C(=O)NC2CC2)CC1)c1ccc(Cl)cc1. The van der Waals surface area contributed by atoms with Gasteiger partial charge in [-0.15, -0.1) is 0 Å². The highest BCUT2D eigenvalue weighted by Gasteiger charge is 2.31. The number of halogens is 1. The number of carbonyl (C=O) groups is 3. The van der Waals surface area contributed by atoms with Crippen molar-refractivity contribution in [1.82, 2.24) is 20.4 Å². The first kappa shape index (κ1) is 21.6. The van der Waals surface area contributed by atoms with Gasteiger partial charge in [0.25, 0.3) is 0 Å². The van der Waals surface area contributed by atoms with E-state index in [0.29, 0.717) is 37.2 Å². The van der Waals surface area contributed by atoms with Crippen molar-refractivity contribution in [2.45, 2.75) is 51.2 Å². The van der Waals surface area contributed by atoms with Crippen LogP contribution in [0.25, 0.3) is 0 Å². The van der Waals surface area contributed by atoms with E-state index < -0.39 is 6.04 Å². The van der Waals surface area contributed by atoms with E-state index in [1.165, 1.54) is 6.92 Å². The van der Waals surface area contributed by atoms with Crippen molar-refractivity contribution in [2.24, 2.45) is 0 Å². The lowest BCUT2D eigenvalue weighted by atomic mass is 10.0. The van der Waals surface area contributed by atoms with Crippen LogP contribution in [0.2, 0.25) is 5.02 Å². The van der Waals surface area contributed by atoms with Crippen molar-refractivity contribution >= 4 is 29.3 Å². The summed E-state index contributed by atoms with van der Waals surface area (Å²) in [5.74, 6) is -0.118. The molecule has 2 aliphatic rings. The van der Waals surface area contributed by atoms with Gasteiger partial charge < -0.3 is 15.5 Å². The highest BCUT2D eigenvalue weighted by Crippen LogP contribution is 2.22. The fourth-order valence-corrected chi connectivity index (χ4v) is 3.70. The Morgan fingerprint density at radius 3 is 2.28 bits per heavy atom. The molecule has 2 unspecified atom stereocenters. The van der Waals surface area contributed by atoms with Gasteiger partial charge in [0, 0.05) is 44.2 Å². The lowest BCUT2D eigenvalue weighted by Gasteiger charge is -2.38. The Morgan fingerprint density at radius 1 is 1.10 bits per heavy atom. The second kappa shape index (κ2) is 9.59. The van der Waals surface area contributed by atoms with Crippen molar-refractivity contribution in [3.8, 4) is 0 Å². The Labute approximate surface area is 176 Å². The Bertz CT molecular complexity index is 743. The molecule has 0 radical (unpaired) electrons. The van der Waals surface area contributed by atoms with Crippen LogP contribution in [-0.2, 0) is 14.4 Å². The molecule has 2 fully saturated rings. The van der Waals surface area contributed by atoms with Crippen molar-refractivity contribution in [2.75, 3.05) is 26.2 Å². The highest BCUT2D eigenvalue weighted by atomic mass is 35.5. The smallest absolute Gasteiger partial charge is 0.237 e. The maximum Gasteiger partial charge on any atom is 0.237 e. The Morgan fingerprint density at radius 2 is 1.72 bits per heavy atom. The van der Waals surface area contributed by atoms with Gasteiger partial charge in [0.2, 0.25) is 17.7 Å². The molecule has 2 atom stereocenters. The maximum atomic E-state index is 12.8. The molecule has 0 spiro atoms. The van der Waals surface area contributed by atoms with Crippen LogP contribution in [-0.4, -0.2) is 65.8 Å². The molecule has 1 saturated heterocycles. The molecule has 8 heteroatoms. The van der Waals surface area contributed by atoms with Gasteiger partial charge >= 0.3 is 0 Å². The molecule has 1 aromatic rings. The van der Waals surface area contributed by atoms with E-state index in [-0.39, 0.29) is 30.2 Å². The molecule has 0 aromatic heterocycles. The van der Waals surface area contributed by atoms with E-state index in [0.717, 1.165) is 18.4 Å². The van der Waals surface area contributed by atoms with Crippen LogP contribution >= 0.6 is 11.6 Å². The normalized spacial score (nSPS) is 19.3. The quantitative estimate of drug-likeness (QED) is 0.703. The zero-order valence-corrected chi connectivity index (χ0v) is 17.7. The summed E-state index contributed by atoms with van der Waals surface area (Å²) in [5, 5.41) is 6.51. The zero-order chi connectivity index (χ0) is 21.0. The fourth-order valence-electron chi connectivity index (χ4n) is 3.57. The predicted molar refractivity (Wildman–Crippen MR) is 111 cm³/mol. The minimum absolute atomic E-state index is 0.00608. The molecule has 3 rings (SSSR count). The molecular weight excluding hydrogens is 392 g/mol. The largest absolute Gasteiger partial charge is 0.352 e. The van der Waals surface area contributed by atoms with Crippen LogP contribution in [0.1, 0.15) is 44.7 Å². The summed E-state index contributed by atoms with van der Waals surface area (Å²) in [6, 6.07) is 6.94. The second-order valence-corrected chi connectivity index (χ2v) is 8.32. The van der Waals surface area contributed by atoms with Gasteiger partial charge in [-0.1, -0.05) is 23.7 Å². The van der Waals surface area contributed by atoms with E-state index >= 15 is 0 Å². The number of carbonyl (C=O) groups excluding carboxylic acids is 3. The first-order chi connectivity index (χ1) is 13.8. The Hall–Kier alpha value is -2.12. The van der Waals surface area contributed by atoms with E-state index in [9.17, 15) is 14.4 Å². The second-order valence-electron chi connectivity index (χ2n) is 7.88. The average Bonchev–Trinajstić information content (AvgIpc) is 3.51. The fraction of sp³-hybridized carbons (Fsp3) is 0.571. The third-order valence-electron chi connectivity index (χ3n) is 5.55. The van der Waals surface area contributed by atoms with Crippen LogP contribution < -0.4 is 10.6 Å². The lowest BCUT2D eigenvalue weighted by molar-refractivity contribution is -0.134. The average molecular weight is 421 g/mol. The van der Waals surface area contributed by atoms with Gasteiger partial charge in [-0.05, 0) is 37.5 Å². The third kappa shape index (κ3) is 6.18. The van der Waals surface area contributed by atoms with Gasteiger partial charge in [0.1, 0.15) is 0 Å². The molecule has 7 nitrogen and oxygen atoms in total. The first-order valence-corrected chi connectivity index (χ1v) is 10.6. The predicted octanol–water partition coefficient (Wildman–Crippen LogP) is 1.72. The van der Waals surface area contributed by atoms with E-state index in [2.05, 4.69) is 15.5 Å². The lowest BCUT2D eigenvalue weighted by Crippen LogP contribution is -2.55. The molecule has 2 N–H and O–H groups in total. The summed E-state index contributed by atoms with van der Waals surface area (Å²) < 4.78 is 0. The minimum Gasteiger partial charge on any atom is -0.352 e. The summed E-state index contributed by atoms with van der Waals surface area (Å²) >= 11 is 5.95. The topological polar surface area (TPSA) is 81.8 Å². The number of rotatable bonds is 7. The van der Waals surface area contributed by atoms with Crippen molar-refractivity contribution in [1.29, 1.82) is 0 Å². The molecule has 1 heterocycles. The van der Waals surface area contributed by atoms with Crippen molar-refractivity contribution in [3.63, 3.8) is 0 Å². The number of nitrogens with zero attached hydrogens (tertiary/aromatic N) is 2. The molecule has 0 bridgehead atoms. The van der Waals surface area contributed by atoms with Gasteiger partial charge in [0.15, 0.2) is 0 Å². The van der Waals surface area contributed by atoms with Gasteiger partial charge in [-0.25, -0.2) is 0 Å². The molecule has 1 aliphatic heterocycles. The van der Waals surface area contributed by atoms with Crippen molar-refractivity contribution < 1.29 is 14.4 Å². The van der Waals surface area contributed by atoms with Crippen LogP contribution in [0.15, 0.2) is 24.3 Å². The molecular formula is C21H29ClN4O3. The molecule has 1 aliphatic carbocycles. The summed E-state index contributed by atoms with van der Waals surface area (Å²) in [6.45, 7) is 5.84. The van der Waals surface area contributed by atoms with Gasteiger partial charge in [-0.2, -0.15) is 0 Å². The van der Waals surface area contributed by atoms with Crippen LogP contribution in [0, 0.1) is 0 Å². The van der Waals surface area contributed by atoms with Crippen LogP contribution in [0.5, 0.6) is 0 Å². The van der Waals surface area contributed by atoms with E-state index in [1.807, 2.05) is 24.0 Å². The number of benzene rings is 1. The summed E-state index contributed by atoms with van der Waals surface area (Å²) in [5.41, 5.74) is 0.849. The summed E-state index contributed by atoms with van der Waals surface area (Å²) in [6.07, 6.45) is 2.34. The van der Waals surface area contributed by atoms with Gasteiger partial charge in [-0.3, -0.25) is 19.3 Å². The molecule has 158 valence electrons. The Kier molecular flexibility index (Phi) is 7.14. The number of amides is 3. The maximum absolute atomic E-state index is 12.8.